The van der Waals surface area contributed by atoms with Gasteiger partial charge in [0.2, 0.25) is 5.91 Å². The van der Waals surface area contributed by atoms with E-state index in [1.54, 1.807) is 24.3 Å². The van der Waals surface area contributed by atoms with Crippen molar-refractivity contribution in [3.63, 3.8) is 0 Å². The molecule has 2 aromatic carbocycles. The summed E-state index contributed by atoms with van der Waals surface area (Å²) in [4.78, 5) is 22.5. The first-order valence-electron chi connectivity index (χ1n) is 8.07. The van der Waals surface area contributed by atoms with E-state index >= 15 is 0 Å². The van der Waals surface area contributed by atoms with Gasteiger partial charge in [-0.2, -0.15) is 13.2 Å². The molecule has 0 saturated heterocycles. The van der Waals surface area contributed by atoms with E-state index in [1.807, 2.05) is 0 Å². The topological polar surface area (TPSA) is 75.6 Å². The molecule has 0 fully saturated rings. The number of hydrogen-bond donors (Lipinski definition) is 2. The molecule has 8 heteroatoms. The highest BCUT2D eigenvalue weighted by atomic mass is 19.4. The summed E-state index contributed by atoms with van der Waals surface area (Å²) in [6, 6.07) is 13.6. The van der Waals surface area contributed by atoms with Crippen LogP contribution in [0.25, 0.3) is 0 Å². The summed E-state index contributed by atoms with van der Waals surface area (Å²) >= 11 is 0. The predicted octanol–water partition coefficient (Wildman–Crippen LogP) is 3.50. The van der Waals surface area contributed by atoms with Crippen LogP contribution in [0.5, 0.6) is 5.75 Å². The molecule has 1 amide bonds. The summed E-state index contributed by atoms with van der Waals surface area (Å²) in [5, 5.41) is 11.0. The average molecular weight is 381 g/mol. The molecule has 0 aliphatic heterocycles. The second kappa shape index (κ2) is 9.07. The van der Waals surface area contributed by atoms with Gasteiger partial charge in [-0.25, -0.2) is 4.79 Å². The molecule has 0 aliphatic rings. The second-order valence-electron chi connectivity index (χ2n) is 5.82. The number of ether oxygens (including phenoxy) is 1. The minimum Gasteiger partial charge on any atom is -0.482 e. The number of carbonyl (C=O) groups is 2. The minimum atomic E-state index is -4.54. The summed E-state index contributed by atoms with van der Waals surface area (Å²) < 4.78 is 44.9. The molecule has 0 heterocycles. The van der Waals surface area contributed by atoms with Gasteiger partial charge in [0.15, 0.2) is 6.61 Å². The lowest BCUT2D eigenvalue weighted by atomic mass is 9.95. The second-order valence-corrected chi connectivity index (χ2v) is 5.82. The van der Waals surface area contributed by atoms with Crippen LogP contribution < -0.4 is 10.1 Å². The summed E-state index contributed by atoms with van der Waals surface area (Å²) in [6.07, 6.45) is -5.26. The van der Waals surface area contributed by atoms with Gasteiger partial charge >= 0.3 is 12.1 Å². The lowest BCUT2D eigenvalue weighted by Gasteiger charge is -2.20. The summed E-state index contributed by atoms with van der Waals surface area (Å²) in [5.41, 5.74) is 0.610. The van der Waals surface area contributed by atoms with Gasteiger partial charge in [0.05, 0.1) is 5.92 Å². The predicted molar refractivity (Wildman–Crippen MR) is 91.3 cm³/mol. The van der Waals surface area contributed by atoms with Crippen LogP contribution in [0.4, 0.5) is 13.2 Å². The molecule has 1 unspecified atom stereocenters. The number of amides is 1. The van der Waals surface area contributed by atoms with E-state index in [2.05, 4.69) is 5.32 Å². The number of halogens is 3. The fraction of sp³-hybridized carbons (Fsp3) is 0.263. The number of hydrogen-bond acceptors (Lipinski definition) is 3. The van der Waals surface area contributed by atoms with Crippen LogP contribution in [-0.4, -0.2) is 29.8 Å². The molecule has 2 aromatic rings. The summed E-state index contributed by atoms with van der Waals surface area (Å²) in [5.74, 6) is -3.46. The van der Waals surface area contributed by atoms with Crippen LogP contribution in [-0.2, 0) is 16.1 Å². The zero-order valence-corrected chi connectivity index (χ0v) is 14.2. The van der Waals surface area contributed by atoms with Gasteiger partial charge in [-0.3, -0.25) is 4.79 Å². The Bertz CT molecular complexity index is 778. The quantitative estimate of drug-likeness (QED) is 0.734. The normalized spacial score (nSPS) is 12.3. The third-order valence-corrected chi connectivity index (χ3v) is 3.74. The van der Waals surface area contributed by atoms with Gasteiger partial charge in [-0.15, -0.1) is 0 Å². The number of benzene rings is 2. The fourth-order valence-corrected chi connectivity index (χ4v) is 2.46. The van der Waals surface area contributed by atoms with Crippen molar-refractivity contribution in [3.05, 3.63) is 65.7 Å². The van der Waals surface area contributed by atoms with Gasteiger partial charge in [0.1, 0.15) is 5.75 Å². The van der Waals surface area contributed by atoms with Crippen molar-refractivity contribution in [1.29, 1.82) is 0 Å². The van der Waals surface area contributed by atoms with Crippen molar-refractivity contribution in [3.8, 4) is 5.75 Å². The van der Waals surface area contributed by atoms with Crippen molar-refractivity contribution in [1.82, 2.24) is 5.32 Å². The summed E-state index contributed by atoms with van der Waals surface area (Å²) in [6.45, 7) is -0.511. The number of carboxylic acids is 1. The van der Waals surface area contributed by atoms with E-state index < -0.39 is 37.0 Å². The van der Waals surface area contributed by atoms with E-state index in [0.29, 0.717) is 11.3 Å². The van der Waals surface area contributed by atoms with Gasteiger partial charge in [0.25, 0.3) is 0 Å². The molecule has 1 atom stereocenters. The first-order valence-corrected chi connectivity index (χ1v) is 8.07. The van der Waals surface area contributed by atoms with Crippen molar-refractivity contribution in [2.75, 3.05) is 6.61 Å². The zero-order valence-electron chi connectivity index (χ0n) is 14.2. The third-order valence-electron chi connectivity index (χ3n) is 3.74. The van der Waals surface area contributed by atoms with Crippen LogP contribution in [0.15, 0.2) is 54.6 Å². The Morgan fingerprint density at radius 2 is 1.78 bits per heavy atom. The van der Waals surface area contributed by atoms with Crippen LogP contribution in [0.3, 0.4) is 0 Å². The Labute approximate surface area is 153 Å². The third kappa shape index (κ3) is 6.65. The first kappa shape index (κ1) is 20.3. The first-order chi connectivity index (χ1) is 12.8. The Hall–Kier alpha value is -3.03. The molecule has 0 bridgehead atoms. The van der Waals surface area contributed by atoms with E-state index in [-0.39, 0.29) is 12.1 Å². The highest BCUT2D eigenvalue weighted by Crippen LogP contribution is 2.37. The smallest absolute Gasteiger partial charge is 0.396 e. The molecular formula is C19H18F3NO4. The molecule has 0 radical (unpaired) electrons. The largest absolute Gasteiger partial charge is 0.482 e. The van der Waals surface area contributed by atoms with E-state index in [1.165, 1.54) is 30.3 Å². The Morgan fingerprint density at radius 3 is 2.41 bits per heavy atom. The SMILES string of the molecule is O=C(O)COc1cccc(CNC(=O)CC(c2ccccc2)C(F)(F)F)c1. The summed E-state index contributed by atoms with van der Waals surface area (Å²) in [7, 11) is 0. The van der Waals surface area contributed by atoms with Crippen LogP contribution >= 0.6 is 0 Å². The average Bonchev–Trinajstić information content (AvgIpc) is 2.63. The van der Waals surface area contributed by atoms with Crippen molar-refractivity contribution in [2.24, 2.45) is 0 Å². The van der Waals surface area contributed by atoms with Crippen molar-refractivity contribution < 1.29 is 32.6 Å². The minimum absolute atomic E-state index is 0.00245. The maximum absolute atomic E-state index is 13.3. The zero-order chi connectivity index (χ0) is 19.9. The van der Waals surface area contributed by atoms with Crippen molar-refractivity contribution in [2.45, 2.75) is 25.1 Å². The van der Waals surface area contributed by atoms with Gasteiger partial charge < -0.3 is 15.2 Å². The molecule has 5 nitrogen and oxygen atoms in total. The Balaban J connectivity index is 1.96. The number of alkyl halides is 3. The number of rotatable bonds is 8. The molecule has 2 rings (SSSR count). The van der Waals surface area contributed by atoms with Gasteiger partial charge in [-0.05, 0) is 23.3 Å². The van der Waals surface area contributed by atoms with E-state index in [9.17, 15) is 22.8 Å². The van der Waals surface area contributed by atoms with E-state index in [0.717, 1.165) is 0 Å². The lowest BCUT2D eigenvalue weighted by Crippen LogP contribution is -2.30. The van der Waals surface area contributed by atoms with Crippen LogP contribution in [0.2, 0.25) is 0 Å². The number of aliphatic carboxylic acids is 1. The maximum atomic E-state index is 13.3. The highest BCUT2D eigenvalue weighted by Gasteiger charge is 2.41. The molecule has 27 heavy (non-hydrogen) atoms. The molecular weight excluding hydrogens is 363 g/mol. The molecule has 0 saturated carbocycles. The number of nitrogens with one attached hydrogen (secondary N) is 1. The van der Waals surface area contributed by atoms with Crippen LogP contribution in [0, 0.1) is 0 Å². The fourth-order valence-electron chi connectivity index (χ4n) is 2.46. The maximum Gasteiger partial charge on any atom is 0.396 e. The molecule has 0 spiro atoms. The molecule has 0 aliphatic carbocycles. The van der Waals surface area contributed by atoms with E-state index in [4.69, 9.17) is 9.84 Å². The van der Waals surface area contributed by atoms with Crippen molar-refractivity contribution >= 4 is 11.9 Å². The monoisotopic (exact) mass is 381 g/mol. The molecule has 144 valence electrons. The molecule has 0 aromatic heterocycles. The number of carboxylic acid groups (broad SMARTS) is 1. The standard InChI is InChI=1S/C19H18F3NO4/c20-19(21,22)16(14-6-2-1-3-7-14)10-17(24)23-11-13-5-4-8-15(9-13)27-12-18(25)26/h1-9,16H,10-12H2,(H,23,24)(H,25,26). The van der Waals surface area contributed by atoms with Gasteiger partial charge in [0, 0.05) is 13.0 Å². The number of carbonyl (C=O) groups excluding carboxylic acids is 1. The lowest BCUT2D eigenvalue weighted by molar-refractivity contribution is -0.157. The van der Waals surface area contributed by atoms with Crippen LogP contribution in [0.1, 0.15) is 23.5 Å². The van der Waals surface area contributed by atoms with Gasteiger partial charge in [-0.1, -0.05) is 42.5 Å². The Morgan fingerprint density at radius 1 is 1.07 bits per heavy atom. The molecule has 2 N–H and O–H groups in total. The highest BCUT2D eigenvalue weighted by molar-refractivity contribution is 5.77. The Kier molecular flexibility index (Phi) is 6.81.